The first-order valence-electron chi connectivity index (χ1n) is 8.87. The molecule has 2 aromatic rings. The normalized spacial score (nSPS) is 20.8. The molecule has 135 valence electrons. The van der Waals surface area contributed by atoms with Crippen molar-refractivity contribution in [3.05, 3.63) is 90.7 Å². The third kappa shape index (κ3) is 4.07. The van der Waals surface area contributed by atoms with Crippen LogP contribution in [0.2, 0.25) is 0 Å². The lowest BCUT2D eigenvalue weighted by molar-refractivity contribution is 0.0355. The van der Waals surface area contributed by atoms with E-state index < -0.39 is 0 Å². The number of carbonyl (C=O) groups excluding carboxylic acids is 1. The predicted octanol–water partition coefficient (Wildman–Crippen LogP) is 4.75. The first-order valence-corrected chi connectivity index (χ1v) is 8.87. The van der Waals surface area contributed by atoms with Crippen molar-refractivity contribution in [1.29, 1.82) is 0 Å². The largest absolute Gasteiger partial charge is 0.445 e. The standard InChI is InChI=1S/C22H24NO3/c1-3-19-14-15-20(25-2)21(18-12-8-5-9-13-18)23(19)22(24)26-16-17-10-6-4-7-11-17/h4-15,19,21H,3,16H2,1-2H3/t19-,21+/m1/s1. The molecular weight excluding hydrogens is 326 g/mol. The third-order valence-electron chi connectivity index (χ3n) is 4.57. The molecule has 1 aliphatic rings. The minimum absolute atomic E-state index is 0.0395. The van der Waals surface area contributed by atoms with E-state index in [1.165, 1.54) is 0 Å². The summed E-state index contributed by atoms with van der Waals surface area (Å²) in [7, 11) is 1.63. The van der Waals surface area contributed by atoms with Crippen molar-refractivity contribution < 1.29 is 14.3 Å². The number of carbonyl (C=O) groups is 1. The number of benzene rings is 2. The van der Waals surface area contributed by atoms with Gasteiger partial charge in [-0.1, -0.05) is 67.6 Å². The highest BCUT2D eigenvalue weighted by Gasteiger charge is 2.42. The summed E-state index contributed by atoms with van der Waals surface area (Å²) in [6, 6.07) is 19.3. The quantitative estimate of drug-likeness (QED) is 0.781. The lowest BCUT2D eigenvalue weighted by atomic mass is 9.87. The van der Waals surface area contributed by atoms with Gasteiger partial charge in [-0.25, -0.2) is 4.79 Å². The zero-order chi connectivity index (χ0) is 18.4. The second kappa shape index (κ2) is 8.86. The van der Waals surface area contributed by atoms with E-state index in [-0.39, 0.29) is 24.8 Å². The summed E-state index contributed by atoms with van der Waals surface area (Å²) in [6.07, 6.45) is 5.16. The van der Waals surface area contributed by atoms with Gasteiger partial charge in [0, 0.05) is 19.6 Å². The fourth-order valence-corrected chi connectivity index (χ4v) is 3.23. The van der Waals surface area contributed by atoms with Crippen LogP contribution >= 0.6 is 0 Å². The Balaban J connectivity index is 1.83. The van der Waals surface area contributed by atoms with E-state index in [0.717, 1.165) is 23.7 Å². The molecule has 0 saturated carbocycles. The molecule has 1 heterocycles. The fraction of sp³-hybridized carbons (Fsp3) is 0.273. The monoisotopic (exact) mass is 350 g/mol. The first kappa shape index (κ1) is 18.5. The van der Waals surface area contributed by atoms with Crippen LogP contribution in [-0.4, -0.2) is 24.1 Å². The van der Waals surface area contributed by atoms with E-state index in [2.05, 4.69) is 6.92 Å². The summed E-state index contributed by atoms with van der Waals surface area (Å²) in [6.45, 7) is 2.31. The van der Waals surface area contributed by atoms with Crippen molar-refractivity contribution in [2.45, 2.75) is 32.0 Å². The van der Waals surface area contributed by atoms with Gasteiger partial charge in [0.2, 0.25) is 0 Å². The first-order chi connectivity index (χ1) is 12.7. The third-order valence-corrected chi connectivity index (χ3v) is 4.57. The van der Waals surface area contributed by atoms with Crippen molar-refractivity contribution in [2.24, 2.45) is 0 Å². The zero-order valence-corrected chi connectivity index (χ0v) is 15.2. The number of likely N-dealkylation sites (tertiary alicyclic amines) is 1. The fourth-order valence-electron chi connectivity index (χ4n) is 3.23. The van der Waals surface area contributed by atoms with Crippen LogP contribution in [0, 0.1) is 18.9 Å². The highest BCUT2D eigenvalue weighted by molar-refractivity contribution is 5.70. The highest BCUT2D eigenvalue weighted by atomic mass is 16.6. The molecule has 3 radical (unpaired) electrons. The maximum atomic E-state index is 13.0. The van der Waals surface area contributed by atoms with Gasteiger partial charge in [-0.15, -0.1) is 0 Å². The van der Waals surface area contributed by atoms with Crippen LogP contribution in [0.3, 0.4) is 0 Å². The van der Waals surface area contributed by atoms with Crippen LogP contribution in [0.15, 0.2) is 60.7 Å². The van der Waals surface area contributed by atoms with Gasteiger partial charge < -0.3 is 9.47 Å². The Kier molecular flexibility index (Phi) is 6.29. The summed E-state index contributed by atoms with van der Waals surface area (Å²) in [5.41, 5.74) is 1.97. The van der Waals surface area contributed by atoms with Crippen molar-refractivity contribution >= 4 is 6.09 Å². The van der Waals surface area contributed by atoms with E-state index in [9.17, 15) is 4.79 Å². The SMILES string of the molecule is CC[C@@H]1[CH][CH][C](OC)[C@H](c2ccccc2)N1C(=O)OCc1ccccc1. The lowest BCUT2D eigenvalue weighted by Gasteiger charge is -2.44. The minimum atomic E-state index is -0.339. The molecule has 0 spiro atoms. The molecule has 2 aromatic carbocycles. The number of hydrogen-bond acceptors (Lipinski definition) is 3. The van der Waals surface area contributed by atoms with Gasteiger partial charge in [-0.2, -0.15) is 0 Å². The number of piperidine rings is 1. The van der Waals surface area contributed by atoms with Gasteiger partial charge in [-0.05, 0) is 24.0 Å². The second-order valence-corrected chi connectivity index (χ2v) is 6.20. The van der Waals surface area contributed by atoms with Crippen molar-refractivity contribution in [2.75, 3.05) is 7.11 Å². The molecule has 3 rings (SSSR count). The average molecular weight is 350 g/mol. The van der Waals surface area contributed by atoms with Gasteiger partial charge in [0.05, 0.1) is 6.04 Å². The maximum absolute atomic E-state index is 13.0. The molecule has 4 heteroatoms. The van der Waals surface area contributed by atoms with E-state index in [1.54, 1.807) is 12.0 Å². The molecule has 0 aliphatic carbocycles. The molecule has 0 N–H and O–H groups in total. The van der Waals surface area contributed by atoms with Crippen molar-refractivity contribution in [1.82, 2.24) is 4.90 Å². The Hall–Kier alpha value is -2.33. The van der Waals surface area contributed by atoms with Crippen LogP contribution in [0.25, 0.3) is 0 Å². The molecule has 1 fully saturated rings. The van der Waals surface area contributed by atoms with Crippen molar-refractivity contribution in [3.8, 4) is 0 Å². The van der Waals surface area contributed by atoms with Gasteiger partial charge in [0.15, 0.2) is 0 Å². The topological polar surface area (TPSA) is 38.8 Å². The molecular formula is C22H24NO3. The predicted molar refractivity (Wildman–Crippen MR) is 101 cm³/mol. The lowest BCUT2D eigenvalue weighted by Crippen LogP contribution is -2.49. The van der Waals surface area contributed by atoms with Crippen LogP contribution in [0.5, 0.6) is 0 Å². The Labute approximate surface area is 155 Å². The average Bonchev–Trinajstić information content (AvgIpc) is 2.72. The molecule has 0 unspecified atom stereocenters. The summed E-state index contributed by atoms with van der Waals surface area (Å²) < 4.78 is 11.2. The Morgan fingerprint density at radius 3 is 2.31 bits per heavy atom. The van der Waals surface area contributed by atoms with Gasteiger partial charge >= 0.3 is 6.09 Å². The van der Waals surface area contributed by atoms with Crippen LogP contribution in [0.4, 0.5) is 4.79 Å². The smallest absolute Gasteiger partial charge is 0.410 e. The molecule has 4 nitrogen and oxygen atoms in total. The van der Waals surface area contributed by atoms with Crippen LogP contribution in [-0.2, 0) is 16.1 Å². The Morgan fingerprint density at radius 2 is 1.69 bits per heavy atom. The number of methoxy groups -OCH3 is 1. The molecule has 1 amide bonds. The van der Waals surface area contributed by atoms with E-state index in [1.807, 2.05) is 73.5 Å². The van der Waals surface area contributed by atoms with Crippen LogP contribution < -0.4 is 0 Å². The summed E-state index contributed by atoms with van der Waals surface area (Å²) in [5, 5.41) is 0. The molecule has 1 aliphatic heterocycles. The van der Waals surface area contributed by atoms with E-state index in [4.69, 9.17) is 9.47 Å². The van der Waals surface area contributed by atoms with Gasteiger partial charge in [-0.3, -0.25) is 4.90 Å². The summed E-state index contributed by atoms with van der Waals surface area (Å²) >= 11 is 0. The summed E-state index contributed by atoms with van der Waals surface area (Å²) in [5.74, 6) is 0. The molecule has 26 heavy (non-hydrogen) atoms. The molecule has 0 aromatic heterocycles. The highest BCUT2D eigenvalue weighted by Crippen LogP contribution is 2.41. The maximum Gasteiger partial charge on any atom is 0.410 e. The molecule has 1 saturated heterocycles. The Morgan fingerprint density at radius 1 is 1.04 bits per heavy atom. The number of nitrogens with zero attached hydrogens (tertiary/aromatic N) is 1. The number of ether oxygens (including phenoxy) is 2. The number of amides is 1. The van der Waals surface area contributed by atoms with E-state index in [0.29, 0.717) is 0 Å². The van der Waals surface area contributed by atoms with Crippen LogP contribution in [0.1, 0.15) is 30.5 Å². The van der Waals surface area contributed by atoms with E-state index >= 15 is 0 Å². The van der Waals surface area contributed by atoms with Crippen molar-refractivity contribution in [3.63, 3.8) is 0 Å². The Bertz CT molecular complexity index is 689. The molecule has 0 bridgehead atoms. The van der Waals surface area contributed by atoms with Gasteiger partial charge in [0.25, 0.3) is 0 Å². The minimum Gasteiger partial charge on any atom is -0.445 e. The van der Waals surface area contributed by atoms with Gasteiger partial charge in [0.1, 0.15) is 12.7 Å². The zero-order valence-electron chi connectivity index (χ0n) is 15.2. The number of rotatable bonds is 5. The summed E-state index contributed by atoms with van der Waals surface area (Å²) in [4.78, 5) is 14.8. The number of hydrogen-bond donors (Lipinski definition) is 0. The second-order valence-electron chi connectivity index (χ2n) is 6.20. The molecule has 2 atom stereocenters.